The van der Waals surface area contributed by atoms with Crippen LogP contribution in [0, 0.1) is 0 Å². The van der Waals surface area contributed by atoms with Crippen LogP contribution < -0.4 is 0 Å². The molecule has 0 fully saturated rings. The van der Waals surface area contributed by atoms with E-state index in [2.05, 4.69) is 13.8 Å². The van der Waals surface area contributed by atoms with Gasteiger partial charge in [-0.15, -0.1) is 0 Å². The molecule has 0 unspecified atom stereocenters. The molecule has 1 rings (SSSR count). The number of hydrogen-bond acceptors (Lipinski definition) is 2. The van der Waals surface area contributed by atoms with Crippen LogP contribution in [0.15, 0.2) is 18.3 Å². The zero-order valence-electron chi connectivity index (χ0n) is 12.3. The van der Waals surface area contributed by atoms with Gasteiger partial charge in [-0.25, -0.2) is 4.79 Å². The van der Waals surface area contributed by atoms with Gasteiger partial charge < -0.3 is 14.6 Å². The highest BCUT2D eigenvalue weighted by Gasteiger charge is 2.16. The van der Waals surface area contributed by atoms with Gasteiger partial charge in [-0.05, 0) is 25.0 Å². The smallest absolute Gasteiger partial charge is 0.352 e. The second-order valence-corrected chi connectivity index (χ2v) is 4.91. The molecule has 0 saturated heterocycles. The van der Waals surface area contributed by atoms with E-state index in [1.54, 1.807) is 12.3 Å². The molecule has 0 radical (unpaired) electrons. The van der Waals surface area contributed by atoms with Crippen molar-refractivity contribution in [2.45, 2.75) is 46.1 Å². The standard InChI is InChI=1S/C15H24N2O3/c1-3-5-9-16(10-6-4-2)14(18)12-17-11-7-8-13(17)15(19)20/h7-8,11H,3-6,9-10,12H2,1-2H3,(H,19,20). The van der Waals surface area contributed by atoms with E-state index < -0.39 is 5.97 Å². The first kappa shape index (κ1) is 16.3. The number of nitrogens with zero attached hydrogens (tertiary/aromatic N) is 2. The van der Waals surface area contributed by atoms with E-state index in [0.717, 1.165) is 38.8 Å². The Kier molecular flexibility index (Phi) is 6.84. The highest BCUT2D eigenvalue weighted by Crippen LogP contribution is 2.06. The summed E-state index contributed by atoms with van der Waals surface area (Å²) in [6.45, 7) is 5.79. The number of carbonyl (C=O) groups is 2. The van der Waals surface area contributed by atoms with E-state index in [4.69, 9.17) is 5.11 Å². The molecule has 1 N–H and O–H groups in total. The van der Waals surface area contributed by atoms with Gasteiger partial charge in [0, 0.05) is 19.3 Å². The van der Waals surface area contributed by atoms with Crippen LogP contribution >= 0.6 is 0 Å². The number of hydrogen-bond donors (Lipinski definition) is 1. The molecule has 5 nitrogen and oxygen atoms in total. The van der Waals surface area contributed by atoms with E-state index in [0.29, 0.717) is 0 Å². The molecule has 0 bridgehead atoms. The highest BCUT2D eigenvalue weighted by atomic mass is 16.4. The first-order valence-corrected chi connectivity index (χ1v) is 7.26. The first-order valence-electron chi connectivity index (χ1n) is 7.26. The maximum atomic E-state index is 12.3. The predicted octanol–water partition coefficient (Wildman–Crippen LogP) is 2.62. The van der Waals surface area contributed by atoms with Gasteiger partial charge in [-0.1, -0.05) is 26.7 Å². The van der Waals surface area contributed by atoms with Crippen LogP contribution in [0.1, 0.15) is 50.0 Å². The fraction of sp³-hybridized carbons (Fsp3) is 0.600. The molecule has 0 aromatic carbocycles. The first-order chi connectivity index (χ1) is 9.60. The van der Waals surface area contributed by atoms with Crippen LogP contribution in [-0.2, 0) is 11.3 Å². The van der Waals surface area contributed by atoms with Crippen molar-refractivity contribution < 1.29 is 14.7 Å². The topological polar surface area (TPSA) is 62.5 Å². The molecule has 1 aromatic rings. The average molecular weight is 280 g/mol. The summed E-state index contributed by atoms with van der Waals surface area (Å²) in [5.74, 6) is -1.01. The second-order valence-electron chi connectivity index (χ2n) is 4.91. The molecule has 0 spiro atoms. The maximum absolute atomic E-state index is 12.3. The number of aromatic nitrogens is 1. The van der Waals surface area contributed by atoms with Crippen molar-refractivity contribution in [1.82, 2.24) is 9.47 Å². The van der Waals surface area contributed by atoms with Gasteiger partial charge in [0.05, 0.1) is 0 Å². The number of unbranched alkanes of at least 4 members (excludes halogenated alkanes) is 2. The molecular formula is C15H24N2O3. The SMILES string of the molecule is CCCCN(CCCC)C(=O)Cn1cccc1C(=O)O. The van der Waals surface area contributed by atoms with Crippen molar-refractivity contribution in [2.24, 2.45) is 0 Å². The minimum absolute atomic E-state index is 0.00870. The second kappa shape index (κ2) is 8.40. The monoisotopic (exact) mass is 280 g/mol. The van der Waals surface area contributed by atoms with Crippen molar-refractivity contribution >= 4 is 11.9 Å². The lowest BCUT2D eigenvalue weighted by Crippen LogP contribution is -2.35. The zero-order chi connectivity index (χ0) is 15.0. The van der Waals surface area contributed by atoms with Crippen LogP contribution in [0.5, 0.6) is 0 Å². The van der Waals surface area contributed by atoms with E-state index in [1.165, 1.54) is 10.6 Å². The lowest BCUT2D eigenvalue weighted by atomic mass is 10.2. The third kappa shape index (κ3) is 4.72. The number of carbonyl (C=O) groups excluding carboxylic acids is 1. The van der Waals surface area contributed by atoms with Gasteiger partial charge in [-0.2, -0.15) is 0 Å². The van der Waals surface area contributed by atoms with E-state index in [1.807, 2.05) is 4.90 Å². The third-order valence-electron chi connectivity index (χ3n) is 3.27. The lowest BCUT2D eigenvalue weighted by Gasteiger charge is -2.23. The van der Waals surface area contributed by atoms with Crippen molar-refractivity contribution in [3.63, 3.8) is 0 Å². The van der Waals surface area contributed by atoms with Gasteiger partial charge in [0.1, 0.15) is 12.2 Å². The van der Waals surface area contributed by atoms with E-state index in [-0.39, 0.29) is 18.1 Å². The Morgan fingerprint density at radius 3 is 2.30 bits per heavy atom. The van der Waals surface area contributed by atoms with Gasteiger partial charge in [0.2, 0.25) is 5.91 Å². The number of carboxylic acid groups (broad SMARTS) is 1. The average Bonchev–Trinajstić information content (AvgIpc) is 2.87. The van der Waals surface area contributed by atoms with Crippen LogP contribution in [0.4, 0.5) is 0 Å². The van der Waals surface area contributed by atoms with Crippen molar-refractivity contribution in [1.29, 1.82) is 0 Å². The minimum atomic E-state index is -1.00. The van der Waals surface area contributed by atoms with Gasteiger partial charge in [0.25, 0.3) is 0 Å². The van der Waals surface area contributed by atoms with Crippen LogP contribution in [0.2, 0.25) is 0 Å². The molecule has 0 aliphatic carbocycles. The summed E-state index contributed by atoms with van der Waals surface area (Å²) in [5, 5.41) is 9.04. The number of aromatic carboxylic acids is 1. The molecule has 1 aromatic heterocycles. The van der Waals surface area contributed by atoms with Crippen LogP contribution in [-0.4, -0.2) is 39.5 Å². The molecule has 0 saturated carbocycles. The molecule has 20 heavy (non-hydrogen) atoms. The Hall–Kier alpha value is -1.78. The molecule has 1 amide bonds. The van der Waals surface area contributed by atoms with Gasteiger partial charge in [-0.3, -0.25) is 4.79 Å². The number of rotatable bonds is 9. The predicted molar refractivity (Wildman–Crippen MR) is 77.8 cm³/mol. The number of amides is 1. The Labute approximate surface area is 120 Å². The molecule has 1 heterocycles. The summed E-state index contributed by atoms with van der Waals surface area (Å²) >= 11 is 0. The Balaban J connectivity index is 2.68. The van der Waals surface area contributed by atoms with Crippen molar-refractivity contribution in [2.75, 3.05) is 13.1 Å². The summed E-state index contributed by atoms with van der Waals surface area (Å²) in [7, 11) is 0. The maximum Gasteiger partial charge on any atom is 0.352 e. The number of carboxylic acids is 1. The molecule has 0 aliphatic rings. The largest absolute Gasteiger partial charge is 0.477 e. The summed E-state index contributed by atoms with van der Waals surface area (Å²) < 4.78 is 1.50. The Morgan fingerprint density at radius 1 is 1.20 bits per heavy atom. The molecular weight excluding hydrogens is 256 g/mol. The van der Waals surface area contributed by atoms with Crippen molar-refractivity contribution in [3.05, 3.63) is 24.0 Å². The minimum Gasteiger partial charge on any atom is -0.477 e. The van der Waals surface area contributed by atoms with Crippen LogP contribution in [0.25, 0.3) is 0 Å². The Bertz CT molecular complexity index is 432. The third-order valence-corrected chi connectivity index (χ3v) is 3.27. The highest BCUT2D eigenvalue weighted by molar-refractivity contribution is 5.86. The fourth-order valence-corrected chi connectivity index (χ4v) is 2.05. The van der Waals surface area contributed by atoms with E-state index >= 15 is 0 Å². The summed E-state index contributed by atoms with van der Waals surface area (Å²) in [4.78, 5) is 25.2. The molecule has 0 aliphatic heterocycles. The summed E-state index contributed by atoms with van der Waals surface area (Å²) in [5.41, 5.74) is 0.157. The molecule has 0 atom stereocenters. The fourth-order valence-electron chi connectivity index (χ4n) is 2.05. The Morgan fingerprint density at radius 2 is 1.80 bits per heavy atom. The van der Waals surface area contributed by atoms with E-state index in [9.17, 15) is 9.59 Å². The molecule has 5 heteroatoms. The summed E-state index contributed by atoms with van der Waals surface area (Å²) in [6, 6.07) is 3.16. The van der Waals surface area contributed by atoms with Crippen LogP contribution in [0.3, 0.4) is 0 Å². The van der Waals surface area contributed by atoms with Gasteiger partial charge in [0.15, 0.2) is 0 Å². The summed E-state index contributed by atoms with van der Waals surface area (Å²) in [6.07, 6.45) is 5.68. The van der Waals surface area contributed by atoms with Crippen molar-refractivity contribution in [3.8, 4) is 0 Å². The normalized spacial score (nSPS) is 10.5. The van der Waals surface area contributed by atoms with Gasteiger partial charge >= 0.3 is 5.97 Å². The zero-order valence-corrected chi connectivity index (χ0v) is 12.3. The quantitative estimate of drug-likeness (QED) is 0.756. The molecule has 112 valence electrons. The lowest BCUT2D eigenvalue weighted by molar-refractivity contribution is -0.132.